The van der Waals surface area contributed by atoms with E-state index in [0.717, 1.165) is 11.1 Å². The molecule has 0 aromatic heterocycles. The minimum absolute atomic E-state index is 0.234. The topological polar surface area (TPSA) is 46.6 Å². The highest BCUT2D eigenvalue weighted by Gasteiger charge is 2.36. The third-order valence-electron chi connectivity index (χ3n) is 4.77. The number of benzene rings is 2. The van der Waals surface area contributed by atoms with E-state index in [-0.39, 0.29) is 4.90 Å². The van der Waals surface area contributed by atoms with Crippen molar-refractivity contribution in [3.05, 3.63) is 78.4 Å². The van der Waals surface area contributed by atoms with E-state index in [4.69, 9.17) is 4.74 Å². The summed E-state index contributed by atoms with van der Waals surface area (Å²) in [6, 6.07) is 16.4. The number of sulfonamides is 1. The quantitative estimate of drug-likeness (QED) is 0.231. The highest BCUT2D eigenvalue weighted by Crippen LogP contribution is 2.26. The molecule has 0 saturated heterocycles. The maximum Gasteiger partial charge on any atom is 0.245 e. The first kappa shape index (κ1) is 25.1. The van der Waals surface area contributed by atoms with Gasteiger partial charge in [0.1, 0.15) is 14.3 Å². The van der Waals surface area contributed by atoms with Crippen LogP contribution in [0.4, 0.5) is 0 Å². The van der Waals surface area contributed by atoms with Crippen LogP contribution in [0.2, 0.25) is 19.6 Å². The predicted molar refractivity (Wildman–Crippen MR) is 131 cm³/mol. The number of methoxy groups -OCH3 is 1. The molecule has 0 aliphatic carbocycles. The second kappa shape index (κ2) is 10.9. The smallest absolute Gasteiger partial charge is 0.245 e. The van der Waals surface area contributed by atoms with Gasteiger partial charge >= 0.3 is 0 Å². The van der Waals surface area contributed by atoms with Crippen molar-refractivity contribution in [1.82, 2.24) is 4.31 Å². The van der Waals surface area contributed by atoms with Gasteiger partial charge < -0.3 is 4.74 Å². The average molecular weight is 456 g/mol. The van der Waals surface area contributed by atoms with Gasteiger partial charge in [-0.15, -0.1) is 11.5 Å². The first-order chi connectivity index (χ1) is 14.6. The van der Waals surface area contributed by atoms with Gasteiger partial charge in [0, 0.05) is 19.6 Å². The molecular formula is C25H33NO3SSi. The standard InChI is InChI=1S/C25H33NO3SSi/c1-7-25(29-3)26(30(27,28)24-17-15-21(2)16-18-24)23(14-11-19-31(4,5)6)20-22-12-9-8-10-13-22/h7-10,12-13,15-18,23,25H,1,14,20H2,2-6H3/t23-,25-/m0/s1. The minimum atomic E-state index is -3.85. The van der Waals surface area contributed by atoms with Crippen LogP contribution in [0.15, 0.2) is 72.1 Å². The highest BCUT2D eigenvalue weighted by atomic mass is 32.2. The summed E-state index contributed by atoms with van der Waals surface area (Å²) >= 11 is 0. The predicted octanol–water partition coefficient (Wildman–Crippen LogP) is 5.03. The summed E-state index contributed by atoms with van der Waals surface area (Å²) in [7, 11) is -3.94. The van der Waals surface area contributed by atoms with E-state index in [0.29, 0.717) is 12.8 Å². The SMILES string of the molecule is C=C[C@H](OC)N([C@@H](CC#C[Si](C)(C)C)Cc1ccccc1)S(=O)(=O)c1ccc(C)cc1. The van der Waals surface area contributed by atoms with Crippen molar-refractivity contribution in [3.8, 4) is 11.5 Å². The summed E-state index contributed by atoms with van der Waals surface area (Å²) in [6.45, 7) is 12.3. The maximum absolute atomic E-state index is 13.8. The summed E-state index contributed by atoms with van der Waals surface area (Å²) in [5, 5.41) is 0. The van der Waals surface area contributed by atoms with Crippen molar-refractivity contribution in [1.29, 1.82) is 0 Å². The zero-order valence-electron chi connectivity index (χ0n) is 19.1. The normalized spacial score (nSPS) is 13.9. The summed E-state index contributed by atoms with van der Waals surface area (Å²) in [4.78, 5) is 0.234. The van der Waals surface area contributed by atoms with Gasteiger partial charge in [0.15, 0.2) is 0 Å². The molecule has 166 valence electrons. The lowest BCUT2D eigenvalue weighted by Crippen LogP contribution is -2.48. The van der Waals surface area contributed by atoms with Crippen LogP contribution < -0.4 is 0 Å². The summed E-state index contributed by atoms with van der Waals surface area (Å²) < 4.78 is 34.5. The van der Waals surface area contributed by atoms with Crippen LogP contribution in [0, 0.1) is 18.4 Å². The molecule has 0 N–H and O–H groups in total. The van der Waals surface area contributed by atoms with E-state index in [2.05, 4.69) is 37.7 Å². The van der Waals surface area contributed by atoms with Crippen LogP contribution in [-0.2, 0) is 21.2 Å². The Morgan fingerprint density at radius 2 is 1.71 bits per heavy atom. The molecule has 0 amide bonds. The van der Waals surface area contributed by atoms with E-state index in [1.165, 1.54) is 17.5 Å². The Morgan fingerprint density at radius 3 is 2.23 bits per heavy atom. The molecular weight excluding hydrogens is 422 g/mol. The van der Waals surface area contributed by atoms with Crippen molar-refractivity contribution < 1.29 is 13.2 Å². The number of hydrogen-bond acceptors (Lipinski definition) is 3. The zero-order chi connectivity index (χ0) is 23.1. The lowest BCUT2D eigenvalue weighted by molar-refractivity contribution is 0.0331. The largest absolute Gasteiger partial charge is 0.362 e. The molecule has 2 rings (SSSR count). The van der Waals surface area contributed by atoms with Crippen LogP contribution in [0.3, 0.4) is 0 Å². The molecule has 0 radical (unpaired) electrons. The van der Waals surface area contributed by atoms with Gasteiger partial charge in [0.25, 0.3) is 0 Å². The summed E-state index contributed by atoms with van der Waals surface area (Å²) in [6.07, 6.45) is 1.67. The van der Waals surface area contributed by atoms with Crippen LogP contribution in [0.25, 0.3) is 0 Å². The third kappa shape index (κ3) is 7.18. The molecule has 4 nitrogen and oxygen atoms in total. The van der Waals surface area contributed by atoms with Gasteiger partial charge in [-0.2, -0.15) is 4.31 Å². The van der Waals surface area contributed by atoms with Crippen LogP contribution in [0.5, 0.6) is 0 Å². The first-order valence-corrected chi connectivity index (χ1v) is 15.3. The number of nitrogens with zero attached hydrogens (tertiary/aromatic N) is 1. The molecule has 0 aliphatic heterocycles. The highest BCUT2D eigenvalue weighted by molar-refractivity contribution is 7.89. The van der Waals surface area contributed by atoms with E-state index in [1.54, 1.807) is 24.3 Å². The van der Waals surface area contributed by atoms with Gasteiger partial charge in [0.05, 0.1) is 4.90 Å². The molecule has 0 bridgehead atoms. The Labute approximate surface area is 189 Å². The maximum atomic E-state index is 13.8. The molecule has 0 unspecified atom stereocenters. The summed E-state index contributed by atoms with van der Waals surface area (Å²) in [5.41, 5.74) is 5.41. The Morgan fingerprint density at radius 1 is 1.10 bits per heavy atom. The van der Waals surface area contributed by atoms with Gasteiger partial charge in [-0.05, 0) is 37.1 Å². The number of hydrogen-bond donors (Lipinski definition) is 0. The average Bonchev–Trinajstić information content (AvgIpc) is 2.71. The van der Waals surface area contributed by atoms with Gasteiger partial charge in [0.2, 0.25) is 10.0 Å². The molecule has 0 spiro atoms. The fourth-order valence-electron chi connectivity index (χ4n) is 3.25. The van der Waals surface area contributed by atoms with Crippen LogP contribution in [0.1, 0.15) is 17.5 Å². The lowest BCUT2D eigenvalue weighted by Gasteiger charge is -2.34. The fraction of sp³-hybridized carbons (Fsp3) is 0.360. The first-order valence-electron chi connectivity index (χ1n) is 10.4. The van der Waals surface area contributed by atoms with Crippen molar-refractivity contribution in [2.45, 2.75) is 56.6 Å². The molecule has 2 aromatic rings. The van der Waals surface area contributed by atoms with Crippen molar-refractivity contribution >= 4 is 18.1 Å². The second-order valence-electron chi connectivity index (χ2n) is 8.61. The van der Waals surface area contributed by atoms with Crippen molar-refractivity contribution in [2.24, 2.45) is 0 Å². The second-order valence-corrected chi connectivity index (χ2v) is 15.2. The van der Waals surface area contributed by atoms with E-state index < -0.39 is 30.4 Å². The molecule has 0 fully saturated rings. The molecule has 0 aliphatic rings. The monoisotopic (exact) mass is 455 g/mol. The Bertz CT molecular complexity index is 1020. The van der Waals surface area contributed by atoms with Crippen LogP contribution >= 0.6 is 0 Å². The molecule has 6 heteroatoms. The zero-order valence-corrected chi connectivity index (χ0v) is 20.9. The number of rotatable bonds is 9. The van der Waals surface area contributed by atoms with Gasteiger partial charge in [-0.3, -0.25) is 0 Å². The minimum Gasteiger partial charge on any atom is -0.362 e. The lowest BCUT2D eigenvalue weighted by atomic mass is 10.0. The molecule has 2 atom stereocenters. The van der Waals surface area contributed by atoms with Crippen LogP contribution in [-0.4, -0.2) is 40.2 Å². The third-order valence-corrected chi connectivity index (χ3v) is 7.62. The molecule has 31 heavy (non-hydrogen) atoms. The van der Waals surface area contributed by atoms with Gasteiger partial charge in [-0.1, -0.05) is 74.2 Å². The number of ether oxygens (including phenoxy) is 1. The Kier molecular flexibility index (Phi) is 8.84. The molecule has 2 aromatic carbocycles. The number of aryl methyl sites for hydroxylation is 1. The molecule has 0 heterocycles. The Balaban J connectivity index is 2.57. The van der Waals surface area contributed by atoms with E-state index in [9.17, 15) is 8.42 Å². The van der Waals surface area contributed by atoms with Crippen molar-refractivity contribution in [3.63, 3.8) is 0 Å². The molecule has 0 saturated carbocycles. The fourth-order valence-corrected chi connectivity index (χ4v) is 5.59. The van der Waals surface area contributed by atoms with E-state index >= 15 is 0 Å². The summed E-state index contributed by atoms with van der Waals surface area (Å²) in [5.74, 6) is 3.28. The van der Waals surface area contributed by atoms with E-state index in [1.807, 2.05) is 37.3 Å². The van der Waals surface area contributed by atoms with Gasteiger partial charge in [-0.25, -0.2) is 8.42 Å². The van der Waals surface area contributed by atoms with Crippen molar-refractivity contribution in [2.75, 3.05) is 7.11 Å². The Hall–Kier alpha value is -2.17.